The van der Waals surface area contributed by atoms with E-state index in [2.05, 4.69) is 70.3 Å². The average molecular weight is 512 g/mol. The number of aliphatic imine (C=N–C) groups is 1. The molecule has 2 heterocycles. The Hall–Kier alpha value is -1.81. The molecule has 1 N–H and O–H groups in total. The fraction of sp³-hybridized carbons (Fsp3) is 0.524. The Balaban J connectivity index is 0.00000300. The van der Waals surface area contributed by atoms with E-state index in [9.17, 15) is 0 Å². The maximum Gasteiger partial charge on any atom is 0.194 e. The van der Waals surface area contributed by atoms with E-state index in [1.54, 1.807) is 6.26 Å². The van der Waals surface area contributed by atoms with Crippen LogP contribution in [0.3, 0.4) is 0 Å². The third-order valence-electron chi connectivity index (χ3n) is 5.21. The number of nitrogens with zero attached hydrogens (tertiary/aromatic N) is 5. The minimum absolute atomic E-state index is 0. The number of nitrogens with one attached hydrogen (secondary N) is 1. The number of hydrogen-bond donors (Lipinski definition) is 1. The molecule has 3 rings (SSSR count). The van der Waals surface area contributed by atoms with Crippen molar-refractivity contribution >= 4 is 35.6 Å². The van der Waals surface area contributed by atoms with E-state index in [1.165, 1.54) is 5.69 Å². The highest BCUT2D eigenvalue weighted by Gasteiger charge is 2.20. The number of rotatable bonds is 7. The third-order valence-corrected chi connectivity index (χ3v) is 5.21. The molecule has 0 aliphatic carbocycles. The maximum atomic E-state index is 4.93. The van der Waals surface area contributed by atoms with E-state index < -0.39 is 0 Å². The van der Waals surface area contributed by atoms with Crippen LogP contribution in [0.4, 0.5) is 5.69 Å². The van der Waals surface area contributed by atoms with Gasteiger partial charge < -0.3 is 19.6 Å². The molecule has 1 aliphatic rings. The number of hydrogen-bond acceptors (Lipinski definition) is 5. The molecule has 1 unspecified atom stereocenters. The summed E-state index contributed by atoms with van der Waals surface area (Å²) in [6.07, 6.45) is 1.63. The highest BCUT2D eigenvalue weighted by molar-refractivity contribution is 14.0. The lowest BCUT2D eigenvalue weighted by atomic mass is 10.2. The molecule has 1 fully saturated rings. The summed E-state index contributed by atoms with van der Waals surface area (Å²) in [5, 5.41) is 7.47. The van der Waals surface area contributed by atoms with Gasteiger partial charge in [-0.15, -0.1) is 24.0 Å². The third kappa shape index (κ3) is 6.88. The molecule has 8 heteroatoms. The van der Waals surface area contributed by atoms with Crippen LogP contribution in [0.15, 0.2) is 52.2 Å². The topological polar surface area (TPSA) is 60.1 Å². The second-order valence-electron chi connectivity index (χ2n) is 7.24. The summed E-state index contributed by atoms with van der Waals surface area (Å²) in [6.45, 7) is 10.7. The van der Waals surface area contributed by atoms with Crippen LogP contribution in [0, 0.1) is 0 Å². The predicted octanol–water partition coefficient (Wildman–Crippen LogP) is 2.90. The Kier molecular flexibility index (Phi) is 9.72. The molecular weight excluding hydrogens is 479 g/mol. The Morgan fingerprint density at radius 1 is 1.21 bits per heavy atom. The van der Waals surface area contributed by atoms with Crippen LogP contribution in [0.5, 0.6) is 0 Å². The summed E-state index contributed by atoms with van der Waals surface area (Å²) < 4.78 is 4.93. The van der Waals surface area contributed by atoms with Crippen LogP contribution in [0.25, 0.3) is 0 Å². The van der Waals surface area contributed by atoms with Gasteiger partial charge >= 0.3 is 0 Å². The van der Waals surface area contributed by atoms with E-state index in [0.29, 0.717) is 6.04 Å². The first-order valence-electron chi connectivity index (χ1n) is 10.1. The Labute approximate surface area is 191 Å². The fourth-order valence-corrected chi connectivity index (χ4v) is 3.35. The van der Waals surface area contributed by atoms with Crippen molar-refractivity contribution in [2.45, 2.75) is 26.4 Å². The van der Waals surface area contributed by atoms with Crippen LogP contribution < -0.4 is 10.2 Å². The zero-order chi connectivity index (χ0) is 19.8. The molecule has 1 aromatic carbocycles. The lowest BCUT2D eigenvalue weighted by Gasteiger charge is -2.36. The number of aromatic nitrogens is 1. The molecular formula is C21H33IN6O. The first kappa shape index (κ1) is 23.5. The molecule has 1 atom stereocenters. The summed E-state index contributed by atoms with van der Waals surface area (Å²) in [5.41, 5.74) is 2.21. The molecule has 7 nitrogen and oxygen atoms in total. The standard InChI is InChI=1S/C21H32N6O.HI/c1-4-22-21(23-16-18(2)25(3)20-8-6-5-7-9-20)27-13-11-26(12-14-27)17-19-10-15-28-24-19;/h5-10,15,18H,4,11-14,16-17H2,1-3H3,(H,22,23);1H. The number of para-hydroxylation sites is 1. The van der Waals surface area contributed by atoms with E-state index in [1.807, 2.05) is 12.1 Å². The molecule has 0 bridgehead atoms. The van der Waals surface area contributed by atoms with E-state index in [0.717, 1.165) is 57.5 Å². The Morgan fingerprint density at radius 3 is 2.55 bits per heavy atom. The zero-order valence-electron chi connectivity index (χ0n) is 17.6. The van der Waals surface area contributed by atoms with Gasteiger partial charge in [-0.25, -0.2) is 0 Å². The quantitative estimate of drug-likeness (QED) is 0.350. The smallest absolute Gasteiger partial charge is 0.194 e. The van der Waals surface area contributed by atoms with Gasteiger partial charge in [0, 0.05) is 64.1 Å². The number of piperazine rings is 1. The van der Waals surface area contributed by atoms with Crippen molar-refractivity contribution in [2.75, 3.05) is 51.2 Å². The van der Waals surface area contributed by atoms with Crippen LogP contribution in [-0.4, -0.2) is 73.3 Å². The molecule has 0 spiro atoms. The van der Waals surface area contributed by atoms with Crippen LogP contribution in [0.2, 0.25) is 0 Å². The van der Waals surface area contributed by atoms with Crippen LogP contribution in [0.1, 0.15) is 19.5 Å². The molecule has 1 saturated heterocycles. The van der Waals surface area contributed by atoms with E-state index in [4.69, 9.17) is 9.52 Å². The molecule has 2 aromatic rings. The molecule has 29 heavy (non-hydrogen) atoms. The average Bonchev–Trinajstić information content (AvgIpc) is 3.24. The monoisotopic (exact) mass is 512 g/mol. The van der Waals surface area contributed by atoms with Crippen molar-refractivity contribution in [2.24, 2.45) is 4.99 Å². The molecule has 1 aromatic heterocycles. The van der Waals surface area contributed by atoms with Gasteiger partial charge in [0.1, 0.15) is 6.26 Å². The van der Waals surface area contributed by atoms with Gasteiger partial charge in [-0.1, -0.05) is 23.4 Å². The van der Waals surface area contributed by atoms with Gasteiger partial charge in [0.25, 0.3) is 0 Å². The minimum Gasteiger partial charge on any atom is -0.370 e. The molecule has 0 radical (unpaired) electrons. The highest BCUT2D eigenvalue weighted by Crippen LogP contribution is 2.14. The number of benzene rings is 1. The van der Waals surface area contributed by atoms with Gasteiger partial charge in [-0.2, -0.15) is 0 Å². The normalized spacial score (nSPS) is 16.2. The summed E-state index contributed by atoms with van der Waals surface area (Å²) in [4.78, 5) is 12.0. The minimum atomic E-state index is 0. The van der Waals surface area contributed by atoms with Crippen LogP contribution >= 0.6 is 24.0 Å². The van der Waals surface area contributed by atoms with Crippen LogP contribution in [-0.2, 0) is 6.54 Å². The molecule has 1 aliphatic heterocycles. The van der Waals surface area contributed by atoms with Gasteiger partial charge in [0.2, 0.25) is 0 Å². The lowest BCUT2D eigenvalue weighted by Crippen LogP contribution is -2.52. The molecule has 160 valence electrons. The van der Waals surface area contributed by atoms with Crippen molar-refractivity contribution in [3.8, 4) is 0 Å². The highest BCUT2D eigenvalue weighted by atomic mass is 127. The van der Waals surface area contributed by atoms with Gasteiger partial charge in [-0.3, -0.25) is 9.89 Å². The van der Waals surface area contributed by atoms with Crippen molar-refractivity contribution in [1.82, 2.24) is 20.3 Å². The van der Waals surface area contributed by atoms with Crippen molar-refractivity contribution in [1.29, 1.82) is 0 Å². The predicted molar refractivity (Wildman–Crippen MR) is 129 cm³/mol. The van der Waals surface area contributed by atoms with Crippen molar-refractivity contribution in [3.63, 3.8) is 0 Å². The number of likely N-dealkylation sites (N-methyl/N-ethyl adjacent to an activating group) is 1. The summed E-state index contributed by atoms with van der Waals surface area (Å²) in [6, 6.07) is 12.7. The largest absolute Gasteiger partial charge is 0.370 e. The second-order valence-corrected chi connectivity index (χ2v) is 7.24. The van der Waals surface area contributed by atoms with E-state index in [-0.39, 0.29) is 24.0 Å². The number of guanidine groups is 1. The molecule has 0 amide bonds. The Morgan fingerprint density at radius 2 is 1.93 bits per heavy atom. The fourth-order valence-electron chi connectivity index (χ4n) is 3.35. The first-order valence-corrected chi connectivity index (χ1v) is 10.1. The summed E-state index contributed by atoms with van der Waals surface area (Å²) in [5.74, 6) is 1.01. The lowest BCUT2D eigenvalue weighted by molar-refractivity contribution is 0.169. The van der Waals surface area contributed by atoms with Crippen molar-refractivity contribution < 1.29 is 4.52 Å². The van der Waals surface area contributed by atoms with Gasteiger partial charge in [-0.05, 0) is 26.0 Å². The van der Waals surface area contributed by atoms with E-state index >= 15 is 0 Å². The molecule has 0 saturated carbocycles. The summed E-state index contributed by atoms with van der Waals surface area (Å²) >= 11 is 0. The second kappa shape index (κ2) is 12.0. The summed E-state index contributed by atoms with van der Waals surface area (Å²) in [7, 11) is 2.13. The van der Waals surface area contributed by atoms with Crippen molar-refractivity contribution in [3.05, 3.63) is 48.4 Å². The number of halogens is 1. The SMILES string of the molecule is CCNC(=NCC(C)N(C)c1ccccc1)N1CCN(Cc2ccon2)CC1.I. The van der Waals surface area contributed by atoms with Gasteiger partial charge in [0.15, 0.2) is 5.96 Å². The number of anilines is 1. The zero-order valence-corrected chi connectivity index (χ0v) is 20.0. The Bertz CT molecular complexity index is 716. The first-order chi connectivity index (χ1) is 13.7. The van der Waals surface area contributed by atoms with Gasteiger partial charge in [0.05, 0.1) is 12.2 Å². The maximum absolute atomic E-state index is 4.93.